The Morgan fingerprint density at radius 2 is 1.75 bits per heavy atom. The number of hydrogen-bond donors (Lipinski definition) is 0. The SMILES string of the molecule is [CH]=CCCCCCCCC(C)F. The molecule has 0 saturated carbocycles. The summed E-state index contributed by atoms with van der Waals surface area (Å²) in [5.74, 6) is 0. The Labute approximate surface area is 75.9 Å². The van der Waals surface area contributed by atoms with Gasteiger partial charge in [-0.2, -0.15) is 0 Å². The Morgan fingerprint density at radius 3 is 2.33 bits per heavy atom. The van der Waals surface area contributed by atoms with E-state index >= 15 is 0 Å². The molecule has 0 fully saturated rings. The molecule has 0 aliphatic rings. The average molecular weight is 171 g/mol. The van der Waals surface area contributed by atoms with Crippen molar-refractivity contribution in [3.63, 3.8) is 0 Å². The first-order chi connectivity index (χ1) is 5.77. The number of unbranched alkanes of at least 4 members (excludes halogenated alkanes) is 5. The summed E-state index contributed by atoms with van der Waals surface area (Å²) in [4.78, 5) is 0. The quantitative estimate of drug-likeness (QED) is 0.483. The molecule has 1 heteroatoms. The van der Waals surface area contributed by atoms with Gasteiger partial charge in [0.25, 0.3) is 0 Å². The number of hydrogen-bond acceptors (Lipinski definition) is 0. The molecule has 0 amide bonds. The maximum absolute atomic E-state index is 12.3. The topological polar surface area (TPSA) is 0 Å². The summed E-state index contributed by atoms with van der Waals surface area (Å²) in [6, 6.07) is 0. The maximum atomic E-state index is 12.3. The van der Waals surface area contributed by atoms with Crippen LogP contribution in [0.5, 0.6) is 0 Å². The molecular weight excluding hydrogens is 151 g/mol. The van der Waals surface area contributed by atoms with E-state index in [4.69, 9.17) is 6.58 Å². The molecule has 0 aromatic carbocycles. The summed E-state index contributed by atoms with van der Waals surface area (Å²) in [6.07, 6.45) is 8.66. The Bertz CT molecular complexity index is 97.2. The van der Waals surface area contributed by atoms with E-state index in [1.165, 1.54) is 25.7 Å². The zero-order valence-corrected chi connectivity index (χ0v) is 8.06. The molecule has 1 unspecified atom stereocenters. The highest BCUT2D eigenvalue weighted by atomic mass is 19.1. The van der Waals surface area contributed by atoms with E-state index in [-0.39, 0.29) is 0 Å². The Balaban J connectivity index is 2.86. The summed E-state index contributed by atoms with van der Waals surface area (Å²) in [5.41, 5.74) is 0. The lowest BCUT2D eigenvalue weighted by molar-refractivity contribution is 0.329. The van der Waals surface area contributed by atoms with Crippen molar-refractivity contribution in [2.45, 2.75) is 58.0 Å². The van der Waals surface area contributed by atoms with E-state index in [0.29, 0.717) is 0 Å². The Hall–Kier alpha value is -0.330. The fraction of sp³-hybridized carbons (Fsp3) is 0.818. The minimum absolute atomic E-state index is 0.623. The second kappa shape index (κ2) is 8.76. The third kappa shape index (κ3) is 9.67. The van der Waals surface area contributed by atoms with Gasteiger partial charge in [-0.05, 0) is 26.2 Å². The van der Waals surface area contributed by atoms with Crippen molar-refractivity contribution in [2.24, 2.45) is 0 Å². The smallest absolute Gasteiger partial charge is 0.0973 e. The van der Waals surface area contributed by atoms with Crippen molar-refractivity contribution in [1.82, 2.24) is 0 Å². The highest BCUT2D eigenvalue weighted by Gasteiger charge is 1.96. The lowest BCUT2D eigenvalue weighted by Crippen LogP contribution is -1.91. The van der Waals surface area contributed by atoms with Gasteiger partial charge >= 0.3 is 0 Å². The highest BCUT2D eigenvalue weighted by Crippen LogP contribution is 2.09. The van der Waals surface area contributed by atoms with Crippen LogP contribution >= 0.6 is 0 Å². The van der Waals surface area contributed by atoms with Gasteiger partial charge in [-0.1, -0.05) is 38.3 Å². The zero-order valence-electron chi connectivity index (χ0n) is 8.06. The summed E-state index contributed by atoms with van der Waals surface area (Å²) in [5, 5.41) is 0. The highest BCUT2D eigenvalue weighted by molar-refractivity contribution is 4.61. The lowest BCUT2D eigenvalue weighted by Gasteiger charge is -2.01. The monoisotopic (exact) mass is 171 g/mol. The van der Waals surface area contributed by atoms with Crippen LogP contribution in [-0.4, -0.2) is 6.17 Å². The minimum atomic E-state index is -0.623. The Morgan fingerprint density at radius 1 is 1.17 bits per heavy atom. The molecule has 0 aliphatic heterocycles. The van der Waals surface area contributed by atoms with Crippen LogP contribution < -0.4 is 0 Å². The van der Waals surface area contributed by atoms with E-state index in [2.05, 4.69) is 0 Å². The predicted octanol–water partition coefficient (Wildman–Crippen LogP) is 4.06. The predicted molar refractivity (Wildman–Crippen MR) is 51.8 cm³/mol. The molecule has 0 heterocycles. The molecule has 0 aliphatic carbocycles. The molecule has 1 radical (unpaired) electrons. The molecule has 0 bridgehead atoms. The van der Waals surface area contributed by atoms with Crippen molar-refractivity contribution in [3.8, 4) is 0 Å². The Kier molecular flexibility index (Phi) is 8.52. The van der Waals surface area contributed by atoms with Crippen molar-refractivity contribution >= 4 is 0 Å². The number of alkyl halides is 1. The second-order valence-electron chi connectivity index (χ2n) is 3.36. The van der Waals surface area contributed by atoms with E-state index in [1.54, 1.807) is 13.0 Å². The summed E-state index contributed by atoms with van der Waals surface area (Å²) in [6.45, 7) is 6.86. The van der Waals surface area contributed by atoms with Crippen molar-refractivity contribution in [3.05, 3.63) is 12.7 Å². The molecular formula is C11H20F. The van der Waals surface area contributed by atoms with Crippen LogP contribution in [0.4, 0.5) is 4.39 Å². The van der Waals surface area contributed by atoms with Crippen molar-refractivity contribution in [2.75, 3.05) is 0 Å². The van der Waals surface area contributed by atoms with Gasteiger partial charge < -0.3 is 0 Å². The van der Waals surface area contributed by atoms with Gasteiger partial charge in [0, 0.05) is 0 Å². The molecule has 0 rings (SSSR count). The first-order valence-corrected chi connectivity index (χ1v) is 4.95. The number of allylic oxidation sites excluding steroid dienone is 1. The largest absolute Gasteiger partial charge is 0.248 e. The molecule has 0 saturated heterocycles. The second-order valence-corrected chi connectivity index (χ2v) is 3.36. The van der Waals surface area contributed by atoms with E-state index in [1.807, 2.05) is 0 Å². The van der Waals surface area contributed by atoms with Gasteiger partial charge in [0.05, 0.1) is 6.17 Å². The van der Waals surface area contributed by atoms with Crippen LogP contribution in [0.2, 0.25) is 0 Å². The van der Waals surface area contributed by atoms with Crippen LogP contribution in [-0.2, 0) is 0 Å². The van der Waals surface area contributed by atoms with Crippen molar-refractivity contribution < 1.29 is 4.39 Å². The number of halogens is 1. The summed E-state index contributed by atoms with van der Waals surface area (Å²) in [7, 11) is 0. The van der Waals surface area contributed by atoms with Crippen LogP contribution in [0.15, 0.2) is 6.08 Å². The van der Waals surface area contributed by atoms with Gasteiger partial charge in [-0.3, -0.25) is 0 Å². The fourth-order valence-corrected chi connectivity index (χ4v) is 1.22. The molecule has 71 valence electrons. The van der Waals surface area contributed by atoms with E-state index in [0.717, 1.165) is 19.3 Å². The van der Waals surface area contributed by atoms with Crippen LogP contribution in [0.1, 0.15) is 51.9 Å². The van der Waals surface area contributed by atoms with Crippen LogP contribution in [0, 0.1) is 6.58 Å². The molecule has 1 atom stereocenters. The molecule has 0 nitrogen and oxygen atoms in total. The molecule has 0 spiro atoms. The maximum Gasteiger partial charge on any atom is 0.0973 e. The van der Waals surface area contributed by atoms with E-state index in [9.17, 15) is 4.39 Å². The lowest BCUT2D eigenvalue weighted by atomic mass is 10.1. The van der Waals surface area contributed by atoms with Gasteiger partial charge in [-0.25, -0.2) is 4.39 Å². The molecule has 0 aromatic rings. The standard InChI is InChI=1S/C11H20F/c1-3-4-5-6-7-8-9-10-11(2)12/h1,3,11H,4-10H2,2H3. The van der Waals surface area contributed by atoms with Gasteiger partial charge in [0.15, 0.2) is 0 Å². The number of rotatable bonds is 8. The molecule has 12 heavy (non-hydrogen) atoms. The average Bonchev–Trinajstić information content (AvgIpc) is 2.02. The van der Waals surface area contributed by atoms with E-state index < -0.39 is 6.17 Å². The van der Waals surface area contributed by atoms with Gasteiger partial charge in [0.2, 0.25) is 0 Å². The first-order valence-electron chi connectivity index (χ1n) is 4.95. The third-order valence-electron chi connectivity index (χ3n) is 1.97. The first kappa shape index (κ1) is 11.7. The fourth-order valence-electron chi connectivity index (χ4n) is 1.22. The summed E-state index contributed by atoms with van der Waals surface area (Å²) >= 11 is 0. The van der Waals surface area contributed by atoms with Crippen LogP contribution in [0.25, 0.3) is 0 Å². The minimum Gasteiger partial charge on any atom is -0.248 e. The van der Waals surface area contributed by atoms with Gasteiger partial charge in [-0.15, -0.1) is 0 Å². The van der Waals surface area contributed by atoms with Crippen LogP contribution in [0.3, 0.4) is 0 Å². The molecule has 0 N–H and O–H groups in total. The molecule has 0 aromatic heterocycles. The normalized spacial score (nSPS) is 12.8. The summed E-state index contributed by atoms with van der Waals surface area (Å²) < 4.78 is 12.3. The third-order valence-corrected chi connectivity index (χ3v) is 1.97. The van der Waals surface area contributed by atoms with Gasteiger partial charge in [0.1, 0.15) is 0 Å². The zero-order chi connectivity index (χ0) is 9.23. The van der Waals surface area contributed by atoms with Crippen molar-refractivity contribution in [1.29, 1.82) is 0 Å².